The van der Waals surface area contributed by atoms with Crippen LogP contribution in [0.4, 0.5) is 0 Å². The van der Waals surface area contributed by atoms with Gasteiger partial charge >= 0.3 is 0 Å². The van der Waals surface area contributed by atoms with Gasteiger partial charge in [0.15, 0.2) is 0 Å². The number of methoxy groups -OCH3 is 1. The minimum Gasteiger partial charge on any atom is -0.496 e. The number of allylic oxidation sites excluding steroid dienone is 1. The normalized spacial score (nSPS) is 12.2. The van der Waals surface area contributed by atoms with Crippen LogP contribution >= 0.6 is 0 Å². The molecule has 2 rings (SSSR count). The van der Waals surface area contributed by atoms with Crippen molar-refractivity contribution in [2.24, 2.45) is 0 Å². The Hall–Kier alpha value is -1.80. The third-order valence-corrected chi connectivity index (χ3v) is 2.95. The molecule has 2 nitrogen and oxygen atoms in total. The quantitative estimate of drug-likeness (QED) is 0.828. The average Bonchev–Trinajstić information content (AvgIpc) is 2.36. The van der Waals surface area contributed by atoms with E-state index in [2.05, 4.69) is 0 Å². The van der Waals surface area contributed by atoms with Crippen LogP contribution in [0.5, 0.6) is 5.75 Å². The predicted octanol–water partition coefficient (Wildman–Crippen LogP) is 3.85. The fourth-order valence-corrected chi connectivity index (χ4v) is 2.14. The van der Waals surface area contributed by atoms with Crippen LogP contribution in [-0.4, -0.2) is 12.2 Å². The molecular formula is C16H18O2. The maximum atomic E-state index is 10.2. The molecule has 0 radical (unpaired) electrons. The Morgan fingerprint density at radius 3 is 2.39 bits per heavy atom. The first-order valence-corrected chi connectivity index (χ1v) is 6.02. The lowest BCUT2D eigenvalue weighted by Crippen LogP contribution is -1.96. The van der Waals surface area contributed by atoms with Crippen LogP contribution in [0.1, 0.15) is 25.5 Å². The molecule has 1 unspecified atom stereocenters. The first-order chi connectivity index (χ1) is 8.63. The Labute approximate surface area is 108 Å². The smallest absolute Gasteiger partial charge is 0.126 e. The molecule has 0 aliphatic heterocycles. The summed E-state index contributed by atoms with van der Waals surface area (Å²) in [6.07, 6.45) is 1.28. The molecular weight excluding hydrogens is 224 g/mol. The van der Waals surface area contributed by atoms with E-state index in [1.165, 1.54) is 0 Å². The molecule has 0 fully saturated rings. The third-order valence-electron chi connectivity index (χ3n) is 2.95. The summed E-state index contributed by atoms with van der Waals surface area (Å²) in [6, 6.07) is 11.8. The fourth-order valence-electron chi connectivity index (χ4n) is 2.14. The van der Waals surface area contributed by atoms with Gasteiger partial charge in [-0.25, -0.2) is 0 Å². The van der Waals surface area contributed by atoms with Crippen LogP contribution < -0.4 is 4.74 Å². The molecule has 1 atom stereocenters. The summed E-state index contributed by atoms with van der Waals surface area (Å²) >= 11 is 0. The van der Waals surface area contributed by atoms with E-state index >= 15 is 0 Å². The lowest BCUT2D eigenvalue weighted by Gasteiger charge is -2.13. The molecule has 18 heavy (non-hydrogen) atoms. The predicted molar refractivity (Wildman–Crippen MR) is 74.9 cm³/mol. The highest BCUT2D eigenvalue weighted by Crippen LogP contribution is 2.32. The van der Waals surface area contributed by atoms with Gasteiger partial charge in [0.2, 0.25) is 0 Å². The molecule has 1 N–H and O–H groups in total. The minimum atomic E-state index is -0.578. The highest BCUT2D eigenvalue weighted by molar-refractivity contribution is 5.91. The molecule has 2 aromatic carbocycles. The van der Waals surface area contributed by atoms with Gasteiger partial charge in [-0.1, -0.05) is 42.0 Å². The van der Waals surface area contributed by atoms with Gasteiger partial charge in [-0.3, -0.25) is 0 Å². The zero-order valence-electron chi connectivity index (χ0n) is 11.0. The maximum Gasteiger partial charge on any atom is 0.126 e. The van der Waals surface area contributed by atoms with Crippen molar-refractivity contribution >= 4 is 10.8 Å². The Balaban J connectivity index is 2.63. The molecule has 0 aliphatic carbocycles. The number of benzene rings is 2. The number of hydrogen-bond acceptors (Lipinski definition) is 2. The Morgan fingerprint density at radius 1 is 1.11 bits per heavy atom. The van der Waals surface area contributed by atoms with Gasteiger partial charge in [0.05, 0.1) is 13.2 Å². The topological polar surface area (TPSA) is 29.5 Å². The number of aliphatic hydroxyl groups excluding tert-OH is 1. The molecule has 0 saturated carbocycles. The van der Waals surface area contributed by atoms with E-state index in [1.54, 1.807) is 7.11 Å². The number of rotatable bonds is 3. The highest BCUT2D eigenvalue weighted by Gasteiger charge is 2.11. The van der Waals surface area contributed by atoms with Crippen molar-refractivity contribution < 1.29 is 9.84 Å². The van der Waals surface area contributed by atoms with Crippen LogP contribution in [-0.2, 0) is 0 Å². The van der Waals surface area contributed by atoms with Crippen molar-refractivity contribution in [1.29, 1.82) is 0 Å². The molecule has 0 aliphatic rings. The van der Waals surface area contributed by atoms with E-state index in [0.29, 0.717) is 0 Å². The monoisotopic (exact) mass is 242 g/mol. The van der Waals surface area contributed by atoms with Gasteiger partial charge in [-0.15, -0.1) is 0 Å². The van der Waals surface area contributed by atoms with Crippen molar-refractivity contribution in [3.63, 3.8) is 0 Å². The first kappa shape index (κ1) is 12.7. The zero-order valence-corrected chi connectivity index (χ0v) is 11.0. The van der Waals surface area contributed by atoms with Crippen LogP contribution in [0, 0.1) is 0 Å². The van der Waals surface area contributed by atoms with Crippen molar-refractivity contribution in [3.8, 4) is 5.75 Å². The van der Waals surface area contributed by atoms with Gasteiger partial charge in [0.25, 0.3) is 0 Å². The van der Waals surface area contributed by atoms with Crippen LogP contribution in [0.2, 0.25) is 0 Å². The molecule has 0 aromatic heterocycles. The van der Waals surface area contributed by atoms with Crippen LogP contribution in [0.25, 0.3) is 10.8 Å². The van der Waals surface area contributed by atoms with Crippen molar-refractivity contribution in [2.75, 3.05) is 7.11 Å². The second-order valence-electron chi connectivity index (χ2n) is 4.59. The van der Waals surface area contributed by atoms with E-state index in [9.17, 15) is 5.11 Å². The van der Waals surface area contributed by atoms with Gasteiger partial charge in [0.1, 0.15) is 5.75 Å². The van der Waals surface area contributed by atoms with E-state index in [-0.39, 0.29) is 0 Å². The summed E-state index contributed by atoms with van der Waals surface area (Å²) in [7, 11) is 1.66. The number of hydrogen-bond donors (Lipinski definition) is 1. The van der Waals surface area contributed by atoms with Gasteiger partial charge in [-0.2, -0.15) is 0 Å². The second kappa shape index (κ2) is 5.23. The summed E-state index contributed by atoms with van der Waals surface area (Å²) in [4.78, 5) is 0. The molecule has 94 valence electrons. The average molecular weight is 242 g/mol. The van der Waals surface area contributed by atoms with E-state index in [4.69, 9.17) is 4.74 Å². The Kier molecular flexibility index (Phi) is 3.68. The van der Waals surface area contributed by atoms with Crippen molar-refractivity contribution in [2.45, 2.75) is 20.0 Å². The first-order valence-electron chi connectivity index (χ1n) is 6.02. The van der Waals surface area contributed by atoms with Gasteiger partial charge in [0, 0.05) is 5.39 Å². The summed E-state index contributed by atoms with van der Waals surface area (Å²) in [5.41, 5.74) is 2.01. The number of aliphatic hydroxyl groups is 1. The molecule has 0 spiro atoms. The molecule has 0 bridgehead atoms. The third kappa shape index (κ3) is 2.39. The molecule has 2 heteroatoms. The molecule has 0 saturated heterocycles. The summed E-state index contributed by atoms with van der Waals surface area (Å²) in [5, 5.41) is 12.3. The van der Waals surface area contributed by atoms with Gasteiger partial charge in [-0.05, 0) is 30.9 Å². The lowest BCUT2D eigenvalue weighted by molar-refractivity contribution is 0.229. The summed E-state index contributed by atoms with van der Waals surface area (Å²) in [6.45, 7) is 3.96. The molecule has 0 amide bonds. The van der Waals surface area contributed by atoms with E-state index in [0.717, 1.165) is 27.7 Å². The zero-order chi connectivity index (χ0) is 13.1. The van der Waals surface area contributed by atoms with E-state index in [1.807, 2.05) is 56.3 Å². The maximum absolute atomic E-state index is 10.2. The minimum absolute atomic E-state index is 0.578. The number of ether oxygens (including phenoxy) is 1. The lowest BCUT2D eigenvalue weighted by atomic mass is 9.98. The van der Waals surface area contributed by atoms with Crippen molar-refractivity contribution in [1.82, 2.24) is 0 Å². The Morgan fingerprint density at radius 2 is 1.78 bits per heavy atom. The second-order valence-corrected chi connectivity index (χ2v) is 4.59. The summed E-state index contributed by atoms with van der Waals surface area (Å²) < 4.78 is 5.35. The standard InChI is InChI=1S/C16H18O2/c1-11(2)10-15(17)13-8-9-16(18-3)14-7-5-4-6-12(13)14/h4-10,15,17H,1-3H3. The van der Waals surface area contributed by atoms with Gasteiger partial charge < -0.3 is 9.84 Å². The molecule has 2 aromatic rings. The molecule has 0 heterocycles. The van der Waals surface area contributed by atoms with Crippen LogP contribution in [0.3, 0.4) is 0 Å². The SMILES string of the molecule is COc1ccc(C(O)C=C(C)C)c2ccccc12. The fraction of sp³-hybridized carbons (Fsp3) is 0.250. The highest BCUT2D eigenvalue weighted by atomic mass is 16.5. The summed E-state index contributed by atoms with van der Waals surface area (Å²) in [5.74, 6) is 0.832. The Bertz CT molecular complexity index is 581. The van der Waals surface area contributed by atoms with E-state index < -0.39 is 6.10 Å². The largest absolute Gasteiger partial charge is 0.496 e. The number of fused-ring (bicyclic) bond motifs is 1. The van der Waals surface area contributed by atoms with Crippen LogP contribution in [0.15, 0.2) is 48.0 Å². The van der Waals surface area contributed by atoms with Crippen molar-refractivity contribution in [3.05, 3.63) is 53.6 Å².